The standard InChI is InChI=1S/C14H27N3/c1-2-11-10-17(8-5-12(11)15)14-6-9-16-7-3-4-13(14)16/h11-14H,2-10,15H2,1H3. The molecule has 0 aromatic heterocycles. The van der Waals surface area contributed by atoms with E-state index in [1.165, 1.54) is 58.3 Å². The van der Waals surface area contributed by atoms with E-state index in [0.29, 0.717) is 6.04 Å². The second-order valence-electron chi connectivity index (χ2n) is 6.22. The fraction of sp³-hybridized carbons (Fsp3) is 1.00. The van der Waals surface area contributed by atoms with Crippen LogP contribution in [0.2, 0.25) is 0 Å². The third-order valence-electron chi connectivity index (χ3n) is 5.39. The van der Waals surface area contributed by atoms with Gasteiger partial charge in [-0.25, -0.2) is 0 Å². The van der Waals surface area contributed by atoms with Crippen LogP contribution in [0.1, 0.15) is 39.0 Å². The quantitative estimate of drug-likeness (QED) is 0.785. The predicted molar refractivity (Wildman–Crippen MR) is 70.9 cm³/mol. The molecule has 0 radical (unpaired) electrons. The molecule has 4 unspecified atom stereocenters. The van der Waals surface area contributed by atoms with Crippen molar-refractivity contribution in [1.82, 2.24) is 9.80 Å². The van der Waals surface area contributed by atoms with Gasteiger partial charge in [-0.05, 0) is 44.7 Å². The molecule has 2 N–H and O–H groups in total. The molecule has 3 aliphatic rings. The smallest absolute Gasteiger partial charge is 0.0263 e. The maximum atomic E-state index is 6.22. The lowest BCUT2D eigenvalue weighted by Gasteiger charge is -2.41. The van der Waals surface area contributed by atoms with Gasteiger partial charge in [0.1, 0.15) is 0 Å². The largest absolute Gasteiger partial charge is 0.327 e. The van der Waals surface area contributed by atoms with Gasteiger partial charge in [0.05, 0.1) is 0 Å². The van der Waals surface area contributed by atoms with Gasteiger partial charge in [-0.15, -0.1) is 0 Å². The minimum atomic E-state index is 0.456. The summed E-state index contributed by atoms with van der Waals surface area (Å²) in [7, 11) is 0. The lowest BCUT2D eigenvalue weighted by Crippen LogP contribution is -2.53. The number of piperidine rings is 1. The highest BCUT2D eigenvalue weighted by Gasteiger charge is 2.41. The van der Waals surface area contributed by atoms with Crippen molar-refractivity contribution in [3.05, 3.63) is 0 Å². The highest BCUT2D eigenvalue weighted by molar-refractivity contribution is 4.98. The van der Waals surface area contributed by atoms with Gasteiger partial charge < -0.3 is 5.73 Å². The SMILES string of the molecule is CCC1CN(C2CCN3CCCC23)CCC1N. The van der Waals surface area contributed by atoms with Crippen LogP contribution >= 0.6 is 0 Å². The van der Waals surface area contributed by atoms with Crippen molar-refractivity contribution in [2.24, 2.45) is 11.7 Å². The maximum absolute atomic E-state index is 6.22. The van der Waals surface area contributed by atoms with Gasteiger partial charge in [0.15, 0.2) is 0 Å². The number of likely N-dealkylation sites (tertiary alicyclic amines) is 1. The van der Waals surface area contributed by atoms with E-state index in [-0.39, 0.29) is 0 Å². The van der Waals surface area contributed by atoms with E-state index in [9.17, 15) is 0 Å². The van der Waals surface area contributed by atoms with Gasteiger partial charge in [-0.2, -0.15) is 0 Å². The number of rotatable bonds is 2. The molecule has 3 rings (SSSR count). The first kappa shape index (κ1) is 11.9. The van der Waals surface area contributed by atoms with Crippen LogP contribution in [0.4, 0.5) is 0 Å². The summed E-state index contributed by atoms with van der Waals surface area (Å²) >= 11 is 0. The van der Waals surface area contributed by atoms with Gasteiger partial charge in [0, 0.05) is 31.2 Å². The molecule has 0 aromatic carbocycles. The summed E-state index contributed by atoms with van der Waals surface area (Å²) in [6, 6.07) is 2.18. The Labute approximate surface area is 105 Å². The molecule has 0 saturated carbocycles. The number of hydrogen-bond donors (Lipinski definition) is 1. The highest BCUT2D eigenvalue weighted by Crippen LogP contribution is 2.33. The molecule has 3 heterocycles. The molecule has 3 saturated heterocycles. The molecule has 0 bridgehead atoms. The second-order valence-corrected chi connectivity index (χ2v) is 6.22. The Hall–Kier alpha value is -0.120. The number of nitrogens with zero attached hydrogens (tertiary/aromatic N) is 2. The molecule has 0 spiro atoms. The van der Waals surface area contributed by atoms with E-state index in [2.05, 4.69) is 16.7 Å². The molecular weight excluding hydrogens is 210 g/mol. The average molecular weight is 237 g/mol. The molecule has 4 atom stereocenters. The van der Waals surface area contributed by atoms with Crippen LogP contribution in [0.15, 0.2) is 0 Å². The van der Waals surface area contributed by atoms with E-state index in [0.717, 1.165) is 18.0 Å². The van der Waals surface area contributed by atoms with Crippen LogP contribution in [0.3, 0.4) is 0 Å². The Bertz CT molecular complexity index is 268. The third kappa shape index (κ3) is 2.13. The van der Waals surface area contributed by atoms with Crippen LogP contribution in [-0.2, 0) is 0 Å². The lowest BCUT2D eigenvalue weighted by atomic mass is 9.89. The molecule has 0 aliphatic carbocycles. The fourth-order valence-corrected chi connectivity index (χ4v) is 4.29. The molecule has 17 heavy (non-hydrogen) atoms. The van der Waals surface area contributed by atoms with Gasteiger partial charge >= 0.3 is 0 Å². The first-order valence-corrected chi connectivity index (χ1v) is 7.53. The zero-order chi connectivity index (χ0) is 11.8. The minimum Gasteiger partial charge on any atom is -0.327 e. The monoisotopic (exact) mass is 237 g/mol. The zero-order valence-electron chi connectivity index (χ0n) is 11.1. The van der Waals surface area contributed by atoms with Crippen molar-refractivity contribution in [2.45, 2.75) is 57.2 Å². The Morgan fingerprint density at radius 1 is 1.00 bits per heavy atom. The van der Waals surface area contributed by atoms with Crippen LogP contribution in [0.5, 0.6) is 0 Å². The second kappa shape index (κ2) is 4.87. The van der Waals surface area contributed by atoms with E-state index in [1.54, 1.807) is 0 Å². The Kier molecular flexibility index (Phi) is 3.42. The molecular formula is C14H27N3. The van der Waals surface area contributed by atoms with E-state index in [4.69, 9.17) is 5.73 Å². The van der Waals surface area contributed by atoms with Crippen molar-refractivity contribution in [2.75, 3.05) is 26.2 Å². The van der Waals surface area contributed by atoms with Gasteiger partial charge in [-0.3, -0.25) is 9.80 Å². The number of fused-ring (bicyclic) bond motifs is 1. The van der Waals surface area contributed by atoms with E-state index in [1.807, 2.05) is 0 Å². The van der Waals surface area contributed by atoms with Crippen LogP contribution in [-0.4, -0.2) is 54.1 Å². The molecule has 0 aromatic rings. The zero-order valence-corrected chi connectivity index (χ0v) is 11.1. The van der Waals surface area contributed by atoms with E-state index >= 15 is 0 Å². The molecule has 0 amide bonds. The van der Waals surface area contributed by atoms with Crippen LogP contribution < -0.4 is 5.73 Å². The normalized spacial score (nSPS) is 44.1. The Morgan fingerprint density at radius 2 is 1.76 bits per heavy atom. The molecule has 98 valence electrons. The summed E-state index contributed by atoms with van der Waals surface area (Å²) in [4.78, 5) is 5.49. The van der Waals surface area contributed by atoms with Crippen molar-refractivity contribution < 1.29 is 0 Å². The summed E-state index contributed by atoms with van der Waals surface area (Å²) in [6.45, 7) is 7.49. The number of nitrogens with two attached hydrogens (primary N) is 1. The first-order valence-electron chi connectivity index (χ1n) is 7.53. The summed E-state index contributed by atoms with van der Waals surface area (Å²) in [6.07, 6.45) is 6.71. The van der Waals surface area contributed by atoms with E-state index < -0.39 is 0 Å². The summed E-state index contributed by atoms with van der Waals surface area (Å²) in [5.74, 6) is 0.735. The number of hydrogen-bond acceptors (Lipinski definition) is 3. The van der Waals surface area contributed by atoms with Crippen LogP contribution in [0.25, 0.3) is 0 Å². The topological polar surface area (TPSA) is 32.5 Å². The van der Waals surface area contributed by atoms with Crippen LogP contribution in [0, 0.1) is 5.92 Å². The molecule has 3 fully saturated rings. The molecule has 3 nitrogen and oxygen atoms in total. The van der Waals surface area contributed by atoms with Crippen molar-refractivity contribution in [1.29, 1.82) is 0 Å². The van der Waals surface area contributed by atoms with Gasteiger partial charge in [0.25, 0.3) is 0 Å². The summed E-state index contributed by atoms with van der Waals surface area (Å²) < 4.78 is 0. The molecule has 3 heteroatoms. The predicted octanol–water partition coefficient (Wildman–Crippen LogP) is 1.28. The molecule has 3 aliphatic heterocycles. The van der Waals surface area contributed by atoms with Crippen molar-refractivity contribution >= 4 is 0 Å². The van der Waals surface area contributed by atoms with Crippen molar-refractivity contribution in [3.63, 3.8) is 0 Å². The Morgan fingerprint density at radius 3 is 2.59 bits per heavy atom. The van der Waals surface area contributed by atoms with Crippen molar-refractivity contribution in [3.8, 4) is 0 Å². The maximum Gasteiger partial charge on any atom is 0.0263 e. The third-order valence-corrected chi connectivity index (χ3v) is 5.39. The first-order chi connectivity index (χ1) is 8.29. The average Bonchev–Trinajstić information content (AvgIpc) is 2.92. The Balaban J connectivity index is 1.64. The van der Waals surface area contributed by atoms with Gasteiger partial charge in [0.2, 0.25) is 0 Å². The lowest BCUT2D eigenvalue weighted by molar-refractivity contribution is 0.0899. The minimum absolute atomic E-state index is 0.456. The van der Waals surface area contributed by atoms with Gasteiger partial charge in [-0.1, -0.05) is 13.3 Å². The fourth-order valence-electron chi connectivity index (χ4n) is 4.29. The highest BCUT2D eigenvalue weighted by atomic mass is 15.3. The summed E-state index contributed by atoms with van der Waals surface area (Å²) in [5.41, 5.74) is 6.22. The summed E-state index contributed by atoms with van der Waals surface area (Å²) in [5, 5.41) is 0.